The Bertz CT molecular complexity index is 1130. The Kier molecular flexibility index (Phi) is 13.2. The van der Waals surface area contributed by atoms with Crippen LogP contribution in [0.5, 0.6) is 5.75 Å². The summed E-state index contributed by atoms with van der Waals surface area (Å²) in [5.41, 5.74) is 7.02. The van der Waals surface area contributed by atoms with Crippen LogP contribution in [0, 0.1) is 31.1 Å². The first-order valence-electron chi connectivity index (χ1n) is 18.3. The van der Waals surface area contributed by atoms with E-state index in [4.69, 9.17) is 4.74 Å². The first kappa shape index (κ1) is 33.8. The third kappa shape index (κ3) is 9.21. The first-order valence-corrected chi connectivity index (χ1v) is 18.3. The lowest BCUT2D eigenvalue weighted by molar-refractivity contribution is -0.134. The standard InChI is InChI=1S/C41H62O2/c1-6-8-10-11-13-17-40(42)43-39-25-21-36(30-32(39)4)38-24-20-35(29-31(38)3)33(5)34-18-22-37(23-19-34)41(26-14-9-7-2)27-15-12-16-28-41/h20-21,24-25,29-30,33-34,37H,6-19,22-23,26-28H2,1-5H3/t33?,34-,37-. The molecule has 2 saturated carbocycles. The van der Waals surface area contributed by atoms with Crippen molar-refractivity contribution in [1.29, 1.82) is 0 Å². The average molecular weight is 587 g/mol. The molecular formula is C41H62O2. The van der Waals surface area contributed by atoms with Crippen molar-refractivity contribution in [1.82, 2.24) is 0 Å². The molecule has 0 bridgehead atoms. The van der Waals surface area contributed by atoms with Gasteiger partial charge in [0.15, 0.2) is 0 Å². The van der Waals surface area contributed by atoms with Crippen LogP contribution < -0.4 is 4.74 Å². The lowest BCUT2D eigenvalue weighted by Crippen LogP contribution is -2.36. The highest BCUT2D eigenvalue weighted by Crippen LogP contribution is 2.53. The second-order valence-corrected chi connectivity index (χ2v) is 14.5. The van der Waals surface area contributed by atoms with Crippen LogP contribution in [0.15, 0.2) is 36.4 Å². The van der Waals surface area contributed by atoms with Gasteiger partial charge in [-0.3, -0.25) is 4.79 Å². The monoisotopic (exact) mass is 586 g/mol. The predicted molar refractivity (Wildman–Crippen MR) is 184 cm³/mol. The first-order chi connectivity index (χ1) is 20.9. The van der Waals surface area contributed by atoms with Gasteiger partial charge in [0, 0.05) is 6.42 Å². The molecule has 238 valence electrons. The molecule has 0 N–H and O–H groups in total. The minimum absolute atomic E-state index is 0.110. The van der Waals surface area contributed by atoms with Gasteiger partial charge in [0.2, 0.25) is 0 Å². The Labute approximate surface area is 264 Å². The smallest absolute Gasteiger partial charge is 0.311 e. The number of hydrogen-bond acceptors (Lipinski definition) is 2. The van der Waals surface area contributed by atoms with Crippen molar-refractivity contribution in [2.24, 2.45) is 17.3 Å². The molecule has 2 aromatic carbocycles. The second-order valence-electron chi connectivity index (χ2n) is 14.5. The third-order valence-electron chi connectivity index (χ3n) is 11.4. The predicted octanol–water partition coefficient (Wildman–Crippen LogP) is 12.7. The molecular weight excluding hydrogens is 524 g/mol. The molecule has 0 heterocycles. The number of unbranched alkanes of at least 4 members (excludes halogenated alkanes) is 6. The van der Waals surface area contributed by atoms with E-state index < -0.39 is 0 Å². The van der Waals surface area contributed by atoms with Crippen LogP contribution in [0.1, 0.15) is 165 Å². The number of esters is 1. The van der Waals surface area contributed by atoms with Gasteiger partial charge in [0.1, 0.15) is 5.75 Å². The molecule has 0 spiro atoms. The van der Waals surface area contributed by atoms with Gasteiger partial charge in [-0.2, -0.15) is 0 Å². The maximum absolute atomic E-state index is 12.4. The van der Waals surface area contributed by atoms with Crippen molar-refractivity contribution in [2.45, 2.75) is 163 Å². The van der Waals surface area contributed by atoms with Crippen molar-refractivity contribution >= 4 is 5.97 Å². The van der Waals surface area contributed by atoms with E-state index >= 15 is 0 Å². The van der Waals surface area contributed by atoms with E-state index in [0.29, 0.717) is 23.5 Å². The molecule has 0 radical (unpaired) electrons. The summed E-state index contributed by atoms with van der Waals surface area (Å²) in [5.74, 6) is 2.97. The average Bonchev–Trinajstić information content (AvgIpc) is 3.02. The zero-order valence-corrected chi connectivity index (χ0v) is 28.4. The van der Waals surface area contributed by atoms with E-state index in [2.05, 4.69) is 65.0 Å². The number of aryl methyl sites for hydroxylation is 2. The number of benzene rings is 2. The Morgan fingerprint density at radius 1 is 0.814 bits per heavy atom. The molecule has 2 fully saturated rings. The summed E-state index contributed by atoms with van der Waals surface area (Å²) < 4.78 is 5.73. The van der Waals surface area contributed by atoms with Crippen molar-refractivity contribution in [3.8, 4) is 16.9 Å². The second kappa shape index (κ2) is 16.8. The Morgan fingerprint density at radius 2 is 1.51 bits per heavy atom. The molecule has 0 aromatic heterocycles. The zero-order valence-electron chi connectivity index (χ0n) is 28.4. The van der Waals surface area contributed by atoms with Gasteiger partial charge in [0.25, 0.3) is 0 Å². The fourth-order valence-electron chi connectivity index (χ4n) is 8.62. The lowest BCUT2D eigenvalue weighted by Gasteiger charge is -2.47. The molecule has 2 nitrogen and oxygen atoms in total. The Hall–Kier alpha value is -2.09. The molecule has 2 aliphatic rings. The van der Waals surface area contributed by atoms with Crippen LogP contribution in [0.2, 0.25) is 0 Å². The lowest BCUT2D eigenvalue weighted by atomic mass is 9.58. The van der Waals surface area contributed by atoms with Crippen LogP contribution in [0.4, 0.5) is 0 Å². The van der Waals surface area contributed by atoms with Crippen molar-refractivity contribution < 1.29 is 9.53 Å². The third-order valence-corrected chi connectivity index (χ3v) is 11.4. The highest BCUT2D eigenvalue weighted by atomic mass is 16.5. The highest BCUT2D eigenvalue weighted by molar-refractivity contribution is 5.74. The summed E-state index contributed by atoms with van der Waals surface area (Å²) >= 11 is 0. The molecule has 0 amide bonds. The van der Waals surface area contributed by atoms with Crippen LogP contribution in [0.25, 0.3) is 11.1 Å². The summed E-state index contributed by atoms with van der Waals surface area (Å²) in [4.78, 5) is 12.4. The minimum Gasteiger partial charge on any atom is -0.426 e. The van der Waals surface area contributed by atoms with Gasteiger partial charge in [-0.1, -0.05) is 109 Å². The van der Waals surface area contributed by atoms with Crippen LogP contribution >= 0.6 is 0 Å². The summed E-state index contributed by atoms with van der Waals surface area (Å²) in [7, 11) is 0. The molecule has 0 aliphatic heterocycles. The molecule has 43 heavy (non-hydrogen) atoms. The molecule has 0 saturated heterocycles. The number of carbonyl (C=O) groups is 1. The quantitative estimate of drug-likeness (QED) is 0.118. The van der Waals surface area contributed by atoms with E-state index in [1.165, 1.54) is 125 Å². The molecule has 2 aliphatic carbocycles. The van der Waals surface area contributed by atoms with E-state index in [0.717, 1.165) is 30.2 Å². The SMILES string of the molecule is CCCCCCCC(=O)Oc1ccc(-c2ccc(C(C)[C@H]3CC[C@H](C4(CCCCC)CCCCC4)CC3)cc2C)cc1C. The summed E-state index contributed by atoms with van der Waals surface area (Å²) in [5, 5.41) is 0. The fourth-order valence-corrected chi connectivity index (χ4v) is 8.62. The number of hydrogen-bond donors (Lipinski definition) is 0. The summed E-state index contributed by atoms with van der Waals surface area (Å²) in [6.07, 6.45) is 25.0. The van der Waals surface area contributed by atoms with Gasteiger partial charge in [-0.15, -0.1) is 0 Å². The van der Waals surface area contributed by atoms with E-state index in [1.807, 2.05) is 6.07 Å². The Morgan fingerprint density at radius 3 is 2.19 bits per heavy atom. The zero-order chi connectivity index (χ0) is 30.7. The molecule has 1 atom stereocenters. The van der Waals surface area contributed by atoms with Crippen LogP contribution in [-0.4, -0.2) is 5.97 Å². The maximum Gasteiger partial charge on any atom is 0.311 e. The highest BCUT2D eigenvalue weighted by Gasteiger charge is 2.41. The minimum atomic E-state index is -0.110. The normalized spacial score (nSPS) is 21.0. The van der Waals surface area contributed by atoms with E-state index in [1.54, 1.807) is 0 Å². The number of rotatable bonds is 15. The molecule has 4 rings (SSSR count). The molecule has 2 heteroatoms. The fraction of sp³-hybridized carbons (Fsp3) is 0.683. The van der Waals surface area contributed by atoms with Gasteiger partial charge in [-0.25, -0.2) is 0 Å². The maximum atomic E-state index is 12.4. The largest absolute Gasteiger partial charge is 0.426 e. The Balaban J connectivity index is 1.33. The molecule has 1 unspecified atom stereocenters. The van der Waals surface area contributed by atoms with E-state index in [9.17, 15) is 4.79 Å². The van der Waals surface area contributed by atoms with Gasteiger partial charge < -0.3 is 4.74 Å². The van der Waals surface area contributed by atoms with Crippen LogP contribution in [0.3, 0.4) is 0 Å². The van der Waals surface area contributed by atoms with Gasteiger partial charge in [0.05, 0.1) is 0 Å². The molecule has 2 aromatic rings. The van der Waals surface area contributed by atoms with Gasteiger partial charge >= 0.3 is 5.97 Å². The van der Waals surface area contributed by atoms with E-state index in [-0.39, 0.29) is 5.97 Å². The van der Waals surface area contributed by atoms with Crippen LogP contribution in [-0.2, 0) is 4.79 Å². The van der Waals surface area contributed by atoms with Gasteiger partial charge in [-0.05, 0) is 128 Å². The van der Waals surface area contributed by atoms with Crippen molar-refractivity contribution in [3.05, 3.63) is 53.1 Å². The number of ether oxygens (including phenoxy) is 1. The number of carbonyl (C=O) groups excluding carboxylic acids is 1. The summed E-state index contributed by atoms with van der Waals surface area (Å²) in [6, 6.07) is 13.4. The summed E-state index contributed by atoms with van der Waals surface area (Å²) in [6.45, 7) is 11.4. The van der Waals surface area contributed by atoms with Crippen molar-refractivity contribution in [2.75, 3.05) is 0 Å². The topological polar surface area (TPSA) is 26.3 Å². The van der Waals surface area contributed by atoms with Crippen molar-refractivity contribution in [3.63, 3.8) is 0 Å².